The second kappa shape index (κ2) is 16.2. The summed E-state index contributed by atoms with van der Waals surface area (Å²) < 4.78 is 36.0. The molecule has 2 unspecified atom stereocenters. The van der Waals surface area contributed by atoms with Crippen molar-refractivity contribution in [2.24, 2.45) is 11.8 Å². The molecule has 0 saturated heterocycles. The van der Waals surface area contributed by atoms with E-state index in [4.69, 9.17) is 4.74 Å². The van der Waals surface area contributed by atoms with Crippen molar-refractivity contribution in [3.63, 3.8) is 0 Å². The first-order valence-corrected chi connectivity index (χ1v) is 15.1. The second-order valence-corrected chi connectivity index (χ2v) is 11.3. The van der Waals surface area contributed by atoms with E-state index in [2.05, 4.69) is 25.8 Å². The molecule has 0 N–H and O–H groups in total. The van der Waals surface area contributed by atoms with Crippen molar-refractivity contribution in [2.45, 2.75) is 117 Å². The van der Waals surface area contributed by atoms with Crippen molar-refractivity contribution >= 4 is 0 Å². The normalized spacial score (nSPS) is 16.1. The molecule has 2 atom stereocenters. The van der Waals surface area contributed by atoms with Crippen molar-refractivity contribution in [2.75, 3.05) is 13.2 Å². The second-order valence-electron chi connectivity index (χ2n) is 11.3. The van der Waals surface area contributed by atoms with Crippen molar-refractivity contribution in [3.8, 4) is 11.3 Å². The monoisotopic (exact) mass is 513 g/mol. The maximum absolute atomic E-state index is 15.2. The van der Waals surface area contributed by atoms with E-state index in [-0.39, 0.29) is 0 Å². The van der Waals surface area contributed by atoms with Gasteiger partial charge in [0.25, 0.3) is 0 Å². The zero-order valence-electron chi connectivity index (χ0n) is 23.6. The summed E-state index contributed by atoms with van der Waals surface area (Å²) in [6.07, 6.45) is 18.3. The summed E-state index contributed by atoms with van der Waals surface area (Å²) in [5.74, 6) is -0.180. The van der Waals surface area contributed by atoms with Gasteiger partial charge in [0.15, 0.2) is 11.6 Å². The molecule has 0 fully saturated rings. The summed E-state index contributed by atoms with van der Waals surface area (Å²) in [6, 6.07) is 5.73. The first-order valence-electron chi connectivity index (χ1n) is 15.1. The van der Waals surface area contributed by atoms with Gasteiger partial charge in [-0.1, -0.05) is 78.2 Å². The minimum atomic E-state index is -0.742. The van der Waals surface area contributed by atoms with Gasteiger partial charge in [0.2, 0.25) is 0 Å². The maximum atomic E-state index is 15.2. The Kier molecular flexibility index (Phi) is 13.0. The lowest BCUT2D eigenvalue weighted by atomic mass is 9.80. The quantitative estimate of drug-likeness (QED) is 0.196. The van der Waals surface area contributed by atoms with E-state index in [1.165, 1.54) is 32.1 Å². The maximum Gasteiger partial charge on any atom is 0.168 e. The first kappa shape index (κ1) is 29.7. The zero-order valence-corrected chi connectivity index (χ0v) is 23.6. The van der Waals surface area contributed by atoms with Gasteiger partial charge < -0.3 is 4.74 Å². The van der Waals surface area contributed by atoms with E-state index < -0.39 is 11.6 Å². The average molecular weight is 514 g/mol. The number of pyridine rings is 1. The molecule has 0 amide bonds. The molecule has 1 heterocycles. The Bertz CT molecular complexity index is 927. The van der Waals surface area contributed by atoms with Gasteiger partial charge in [-0.05, 0) is 85.6 Å². The van der Waals surface area contributed by atoms with Crippen molar-refractivity contribution in [1.82, 2.24) is 4.98 Å². The van der Waals surface area contributed by atoms with Crippen LogP contribution in [0.25, 0.3) is 11.3 Å². The Morgan fingerprint density at radius 2 is 1.78 bits per heavy atom. The lowest BCUT2D eigenvalue weighted by molar-refractivity contribution is 0.125. The number of fused-ring (bicyclic) bond motifs is 1. The van der Waals surface area contributed by atoms with E-state index in [1.54, 1.807) is 0 Å². The molecule has 2 aromatic rings. The number of aromatic nitrogens is 1. The molecular weight excluding hydrogens is 464 g/mol. The first-order chi connectivity index (χ1) is 18.0. The Hall–Kier alpha value is -1.81. The molecule has 1 aliphatic carbocycles. The summed E-state index contributed by atoms with van der Waals surface area (Å²) in [5, 5.41) is 0. The molecule has 0 radical (unpaired) electrons. The molecule has 1 aromatic heterocycles. The zero-order chi connectivity index (χ0) is 26.5. The highest BCUT2D eigenvalue weighted by atomic mass is 19.2. The van der Waals surface area contributed by atoms with E-state index in [1.807, 2.05) is 24.4 Å². The highest BCUT2D eigenvalue weighted by Crippen LogP contribution is 2.35. The van der Waals surface area contributed by atoms with Crippen molar-refractivity contribution < 1.29 is 13.5 Å². The van der Waals surface area contributed by atoms with Crippen molar-refractivity contribution in [3.05, 3.63) is 52.7 Å². The summed E-state index contributed by atoms with van der Waals surface area (Å²) in [5.41, 5.74) is 3.55. The van der Waals surface area contributed by atoms with Gasteiger partial charge in [-0.2, -0.15) is 0 Å². The number of benzene rings is 1. The van der Waals surface area contributed by atoms with E-state index in [0.717, 1.165) is 88.0 Å². The molecule has 37 heavy (non-hydrogen) atoms. The Morgan fingerprint density at radius 1 is 0.973 bits per heavy atom. The molecular formula is C33H49F2NO. The van der Waals surface area contributed by atoms with Crippen LogP contribution < -0.4 is 0 Å². The van der Waals surface area contributed by atoms with Crippen LogP contribution in [0.15, 0.2) is 24.4 Å². The number of aryl methyl sites for hydroxylation is 2. The van der Waals surface area contributed by atoms with Crippen LogP contribution in [-0.2, 0) is 24.0 Å². The van der Waals surface area contributed by atoms with Gasteiger partial charge in [-0.15, -0.1) is 0 Å². The number of halogens is 2. The SMILES string of the molecule is CCCCCOCCCCCC1CCc2cc(-c3ccc(CCCCC(C)CC)cn3)c(F)c(F)c2C1. The Balaban J connectivity index is 1.48. The minimum absolute atomic E-state index is 0.303. The van der Waals surface area contributed by atoms with E-state index in [9.17, 15) is 0 Å². The molecule has 0 spiro atoms. The lowest BCUT2D eigenvalue weighted by Crippen LogP contribution is -2.17. The minimum Gasteiger partial charge on any atom is -0.381 e. The van der Waals surface area contributed by atoms with Gasteiger partial charge in [-0.3, -0.25) is 4.98 Å². The number of unbranched alkanes of at least 4 members (excludes halogenated alkanes) is 5. The van der Waals surface area contributed by atoms with Crippen molar-refractivity contribution in [1.29, 1.82) is 0 Å². The topological polar surface area (TPSA) is 22.1 Å². The van der Waals surface area contributed by atoms with Crippen LogP contribution >= 0.6 is 0 Å². The van der Waals surface area contributed by atoms with Crippen LogP contribution in [0.5, 0.6) is 0 Å². The highest BCUT2D eigenvalue weighted by Gasteiger charge is 2.26. The summed E-state index contributed by atoms with van der Waals surface area (Å²) in [4.78, 5) is 4.51. The molecule has 206 valence electrons. The highest BCUT2D eigenvalue weighted by molar-refractivity contribution is 5.63. The predicted molar refractivity (Wildman–Crippen MR) is 151 cm³/mol. The fourth-order valence-electron chi connectivity index (χ4n) is 5.47. The van der Waals surface area contributed by atoms with Gasteiger partial charge >= 0.3 is 0 Å². The molecule has 0 aliphatic heterocycles. The summed E-state index contributed by atoms with van der Waals surface area (Å²) in [7, 11) is 0. The fourth-order valence-corrected chi connectivity index (χ4v) is 5.47. The molecule has 3 rings (SSSR count). The van der Waals surface area contributed by atoms with Crippen LogP contribution in [0.3, 0.4) is 0 Å². The van der Waals surface area contributed by atoms with Gasteiger partial charge in [-0.25, -0.2) is 8.78 Å². The number of hydrogen-bond donors (Lipinski definition) is 0. The van der Waals surface area contributed by atoms with Gasteiger partial charge in [0.05, 0.1) is 5.69 Å². The Morgan fingerprint density at radius 3 is 2.51 bits per heavy atom. The average Bonchev–Trinajstić information content (AvgIpc) is 2.92. The number of hydrogen-bond acceptors (Lipinski definition) is 2. The van der Waals surface area contributed by atoms with Gasteiger partial charge in [0, 0.05) is 25.0 Å². The molecule has 1 aliphatic rings. The third kappa shape index (κ3) is 9.46. The van der Waals surface area contributed by atoms with Crippen LogP contribution in [0, 0.1) is 23.5 Å². The lowest BCUT2D eigenvalue weighted by Gasteiger charge is -2.26. The number of nitrogens with zero attached hydrogens (tertiary/aromatic N) is 1. The fraction of sp³-hybridized carbons (Fsp3) is 0.667. The standard InChI is InChI=1S/C33H49F2NO/c1-4-6-11-20-37-21-12-7-8-14-26-16-18-28-23-30(33(35)32(34)29(28)22-26)31-19-17-27(24-36-31)15-10-9-13-25(3)5-2/h17,19,23-26H,4-16,18,20-22H2,1-3H3. The van der Waals surface area contributed by atoms with E-state index >= 15 is 8.78 Å². The van der Waals surface area contributed by atoms with Crippen LogP contribution in [0.1, 0.15) is 115 Å². The van der Waals surface area contributed by atoms with Gasteiger partial charge in [0.1, 0.15) is 0 Å². The van der Waals surface area contributed by atoms with Crippen LogP contribution in [0.2, 0.25) is 0 Å². The van der Waals surface area contributed by atoms with Crippen LogP contribution in [-0.4, -0.2) is 18.2 Å². The largest absolute Gasteiger partial charge is 0.381 e. The summed E-state index contributed by atoms with van der Waals surface area (Å²) in [6.45, 7) is 8.46. The third-order valence-electron chi connectivity index (χ3n) is 8.22. The predicted octanol–water partition coefficient (Wildman–Crippen LogP) is 9.66. The molecule has 2 nitrogen and oxygen atoms in total. The molecule has 0 saturated carbocycles. The Labute approximate surface area is 224 Å². The number of ether oxygens (including phenoxy) is 1. The van der Waals surface area contributed by atoms with Crippen LogP contribution in [0.4, 0.5) is 8.78 Å². The molecule has 0 bridgehead atoms. The molecule has 1 aromatic carbocycles. The smallest absolute Gasteiger partial charge is 0.168 e. The summed E-state index contributed by atoms with van der Waals surface area (Å²) >= 11 is 0. The number of rotatable bonds is 17. The molecule has 4 heteroatoms. The third-order valence-corrected chi connectivity index (χ3v) is 8.22. The van der Waals surface area contributed by atoms with E-state index in [0.29, 0.717) is 29.2 Å².